The Labute approximate surface area is 133 Å². The summed E-state index contributed by atoms with van der Waals surface area (Å²) in [7, 11) is 1.56. The SMILES string of the molecule is COCOc1ccc(/C=C/C(=O)Nc2ccnc(Cl)c2)cc1. The maximum Gasteiger partial charge on any atom is 0.248 e. The number of nitrogens with one attached hydrogen (secondary N) is 1. The molecule has 0 spiro atoms. The number of halogens is 1. The summed E-state index contributed by atoms with van der Waals surface area (Å²) in [5, 5.41) is 3.03. The summed E-state index contributed by atoms with van der Waals surface area (Å²) in [5.74, 6) is 0.455. The standard InChI is InChI=1S/C16H15ClN2O3/c1-21-11-22-14-5-2-12(3-6-14)4-7-16(20)19-13-8-9-18-15(17)10-13/h2-10H,11H2,1H3,(H,18,19,20)/b7-4+. The minimum Gasteiger partial charge on any atom is -0.468 e. The first-order chi connectivity index (χ1) is 10.7. The van der Waals surface area contributed by atoms with Crippen molar-refractivity contribution >= 4 is 29.3 Å². The number of hydrogen-bond donors (Lipinski definition) is 1. The van der Waals surface area contributed by atoms with Crippen molar-refractivity contribution in [3.8, 4) is 5.75 Å². The average Bonchev–Trinajstić information content (AvgIpc) is 2.52. The summed E-state index contributed by atoms with van der Waals surface area (Å²) in [5.41, 5.74) is 1.48. The van der Waals surface area contributed by atoms with Crippen LogP contribution in [0.15, 0.2) is 48.7 Å². The van der Waals surface area contributed by atoms with Gasteiger partial charge in [0.2, 0.25) is 5.91 Å². The number of pyridine rings is 1. The van der Waals surface area contributed by atoms with Gasteiger partial charge in [0.25, 0.3) is 0 Å². The molecule has 0 aliphatic heterocycles. The zero-order valence-corrected chi connectivity index (χ0v) is 12.7. The Morgan fingerprint density at radius 1 is 1.32 bits per heavy atom. The predicted octanol–water partition coefficient (Wildman–Crippen LogP) is 3.37. The van der Waals surface area contributed by atoms with E-state index in [9.17, 15) is 4.79 Å². The van der Waals surface area contributed by atoms with Crippen LogP contribution in [0.1, 0.15) is 5.56 Å². The van der Waals surface area contributed by atoms with Gasteiger partial charge in [0, 0.05) is 25.1 Å². The van der Waals surface area contributed by atoms with Crippen LogP contribution < -0.4 is 10.1 Å². The van der Waals surface area contributed by atoms with Crippen LogP contribution in [0.4, 0.5) is 5.69 Å². The number of benzene rings is 1. The van der Waals surface area contributed by atoms with E-state index in [1.54, 1.807) is 37.5 Å². The summed E-state index contributed by atoms with van der Waals surface area (Å²) in [6, 6.07) is 10.5. The Morgan fingerprint density at radius 2 is 2.09 bits per heavy atom. The van der Waals surface area contributed by atoms with Gasteiger partial charge >= 0.3 is 0 Å². The van der Waals surface area contributed by atoms with Crippen molar-refractivity contribution in [1.29, 1.82) is 0 Å². The van der Waals surface area contributed by atoms with Gasteiger partial charge in [0.1, 0.15) is 10.9 Å². The lowest BCUT2D eigenvalue weighted by Crippen LogP contribution is -2.07. The highest BCUT2D eigenvalue weighted by molar-refractivity contribution is 6.29. The fraction of sp³-hybridized carbons (Fsp3) is 0.125. The van der Waals surface area contributed by atoms with Gasteiger partial charge < -0.3 is 14.8 Å². The van der Waals surface area contributed by atoms with Gasteiger partial charge in [-0.05, 0) is 35.9 Å². The number of methoxy groups -OCH3 is 1. The van der Waals surface area contributed by atoms with E-state index in [2.05, 4.69) is 10.3 Å². The van der Waals surface area contributed by atoms with Crippen LogP contribution in [0.3, 0.4) is 0 Å². The van der Waals surface area contributed by atoms with Crippen LogP contribution in [-0.2, 0) is 9.53 Å². The Hall–Kier alpha value is -2.37. The average molecular weight is 319 g/mol. The topological polar surface area (TPSA) is 60.5 Å². The summed E-state index contributed by atoms with van der Waals surface area (Å²) in [6.07, 6.45) is 4.68. The summed E-state index contributed by atoms with van der Waals surface area (Å²) >= 11 is 5.75. The van der Waals surface area contributed by atoms with Gasteiger partial charge in [-0.2, -0.15) is 0 Å². The van der Waals surface area contributed by atoms with Crippen LogP contribution in [0.5, 0.6) is 5.75 Å². The Kier molecular flexibility index (Phi) is 5.94. The Bertz CT molecular complexity index is 657. The van der Waals surface area contributed by atoms with Gasteiger partial charge in [-0.25, -0.2) is 4.98 Å². The third kappa shape index (κ3) is 5.20. The van der Waals surface area contributed by atoms with E-state index in [1.165, 1.54) is 12.3 Å². The molecule has 1 aromatic heterocycles. The first kappa shape index (κ1) is 16.0. The highest BCUT2D eigenvalue weighted by Gasteiger charge is 1.99. The molecule has 1 N–H and O–H groups in total. The molecule has 6 heteroatoms. The van der Waals surface area contributed by atoms with Crippen molar-refractivity contribution in [1.82, 2.24) is 4.98 Å². The van der Waals surface area contributed by atoms with Crippen LogP contribution in [0.25, 0.3) is 6.08 Å². The Morgan fingerprint density at radius 3 is 2.77 bits per heavy atom. The highest BCUT2D eigenvalue weighted by Crippen LogP contribution is 2.14. The lowest BCUT2D eigenvalue weighted by molar-refractivity contribution is -0.111. The van der Waals surface area contributed by atoms with Gasteiger partial charge in [-0.15, -0.1) is 0 Å². The molecule has 0 saturated carbocycles. The molecule has 5 nitrogen and oxygen atoms in total. The molecular weight excluding hydrogens is 304 g/mol. The van der Waals surface area contributed by atoms with E-state index < -0.39 is 0 Å². The third-order valence-corrected chi connectivity index (χ3v) is 2.85. The molecule has 0 unspecified atom stereocenters. The molecule has 114 valence electrons. The second-order valence-corrected chi connectivity index (χ2v) is 4.70. The van der Waals surface area contributed by atoms with Crippen molar-refractivity contribution in [3.63, 3.8) is 0 Å². The fourth-order valence-corrected chi connectivity index (χ4v) is 1.81. The van der Waals surface area contributed by atoms with Gasteiger partial charge in [0.15, 0.2) is 6.79 Å². The molecule has 1 aromatic carbocycles. The number of carbonyl (C=O) groups is 1. The van der Waals surface area contributed by atoms with Crippen molar-refractivity contribution in [2.24, 2.45) is 0 Å². The molecule has 0 bridgehead atoms. The molecule has 0 radical (unpaired) electrons. The summed E-state index contributed by atoms with van der Waals surface area (Å²) < 4.78 is 10.1. The summed E-state index contributed by atoms with van der Waals surface area (Å²) in [4.78, 5) is 15.6. The molecular formula is C16H15ClN2O3. The second kappa shape index (κ2) is 8.17. The van der Waals surface area contributed by atoms with E-state index in [4.69, 9.17) is 21.1 Å². The van der Waals surface area contributed by atoms with E-state index in [0.29, 0.717) is 16.6 Å². The van der Waals surface area contributed by atoms with Crippen molar-refractivity contribution in [2.75, 3.05) is 19.2 Å². The molecule has 0 aliphatic carbocycles. The number of nitrogens with zero attached hydrogens (tertiary/aromatic N) is 1. The largest absolute Gasteiger partial charge is 0.468 e. The molecule has 0 atom stereocenters. The molecule has 1 amide bonds. The number of ether oxygens (including phenoxy) is 2. The van der Waals surface area contributed by atoms with E-state index in [1.807, 2.05) is 12.1 Å². The number of amides is 1. The van der Waals surface area contributed by atoms with Crippen molar-refractivity contribution in [2.45, 2.75) is 0 Å². The molecule has 2 rings (SSSR count). The van der Waals surface area contributed by atoms with Crippen molar-refractivity contribution in [3.05, 3.63) is 59.4 Å². The predicted molar refractivity (Wildman–Crippen MR) is 85.9 cm³/mol. The minimum absolute atomic E-state index is 0.200. The van der Waals surface area contributed by atoms with Gasteiger partial charge in [0.05, 0.1) is 0 Å². The molecule has 0 aliphatic rings. The lowest BCUT2D eigenvalue weighted by atomic mass is 10.2. The first-order valence-corrected chi connectivity index (χ1v) is 6.87. The Balaban J connectivity index is 1.92. The van der Waals surface area contributed by atoms with Crippen LogP contribution in [-0.4, -0.2) is 24.8 Å². The first-order valence-electron chi connectivity index (χ1n) is 6.50. The third-order valence-electron chi connectivity index (χ3n) is 2.64. The maximum absolute atomic E-state index is 11.8. The van der Waals surface area contributed by atoms with E-state index in [0.717, 1.165) is 5.56 Å². The van der Waals surface area contributed by atoms with E-state index in [-0.39, 0.29) is 12.7 Å². The molecule has 2 aromatic rings. The maximum atomic E-state index is 11.8. The minimum atomic E-state index is -0.248. The molecule has 0 saturated heterocycles. The second-order valence-electron chi connectivity index (χ2n) is 4.31. The fourth-order valence-electron chi connectivity index (χ4n) is 1.64. The quantitative estimate of drug-likeness (QED) is 0.504. The van der Waals surface area contributed by atoms with E-state index >= 15 is 0 Å². The monoisotopic (exact) mass is 318 g/mol. The molecule has 22 heavy (non-hydrogen) atoms. The number of aromatic nitrogens is 1. The summed E-state index contributed by atoms with van der Waals surface area (Å²) in [6.45, 7) is 0.200. The van der Waals surface area contributed by atoms with Gasteiger partial charge in [-0.1, -0.05) is 23.7 Å². The zero-order chi connectivity index (χ0) is 15.8. The number of rotatable bonds is 6. The van der Waals surface area contributed by atoms with Gasteiger partial charge in [-0.3, -0.25) is 4.79 Å². The van der Waals surface area contributed by atoms with Crippen LogP contribution in [0, 0.1) is 0 Å². The number of anilines is 1. The van der Waals surface area contributed by atoms with Crippen LogP contribution >= 0.6 is 11.6 Å². The molecule has 0 fully saturated rings. The number of carbonyl (C=O) groups excluding carboxylic acids is 1. The molecule has 1 heterocycles. The smallest absolute Gasteiger partial charge is 0.248 e. The highest BCUT2D eigenvalue weighted by atomic mass is 35.5. The van der Waals surface area contributed by atoms with Crippen LogP contribution in [0.2, 0.25) is 5.15 Å². The normalized spacial score (nSPS) is 10.6. The number of hydrogen-bond acceptors (Lipinski definition) is 4. The van der Waals surface area contributed by atoms with Crippen molar-refractivity contribution < 1.29 is 14.3 Å². The lowest BCUT2D eigenvalue weighted by Gasteiger charge is -2.04. The zero-order valence-electron chi connectivity index (χ0n) is 12.0.